The van der Waals surface area contributed by atoms with Gasteiger partial charge in [0.15, 0.2) is 0 Å². The molecule has 0 aliphatic carbocycles. The molecule has 2 nitrogen and oxygen atoms in total. The van der Waals surface area contributed by atoms with Gasteiger partial charge in [-0.25, -0.2) is 0 Å². The molecule has 0 unspecified atom stereocenters. The third-order valence-corrected chi connectivity index (χ3v) is 2.02. The van der Waals surface area contributed by atoms with Gasteiger partial charge in [0, 0.05) is 5.69 Å². The number of ether oxygens (including phenoxy) is 1. The van der Waals surface area contributed by atoms with Gasteiger partial charge in [0.1, 0.15) is 5.75 Å². The topological polar surface area (TPSA) is 35.2 Å². The zero-order chi connectivity index (χ0) is 10.7. The summed E-state index contributed by atoms with van der Waals surface area (Å²) in [5.41, 5.74) is 7.72. The van der Waals surface area contributed by atoms with Crippen molar-refractivity contribution < 1.29 is 4.74 Å². The Morgan fingerprint density at radius 1 is 1.14 bits per heavy atom. The molecular weight excluding hydrogens is 174 g/mol. The van der Waals surface area contributed by atoms with Crippen molar-refractivity contribution in [2.45, 2.75) is 39.7 Å². The molecule has 1 aromatic carbocycles. The average molecular weight is 193 g/mol. The Bertz CT molecular complexity index is 305. The molecule has 2 heteroatoms. The normalized spacial score (nSPS) is 11.0. The smallest absolute Gasteiger partial charge is 0.123 e. The van der Waals surface area contributed by atoms with E-state index >= 15 is 0 Å². The first kappa shape index (κ1) is 10.9. The van der Waals surface area contributed by atoms with Gasteiger partial charge in [-0.15, -0.1) is 0 Å². The fourth-order valence-electron chi connectivity index (χ4n) is 1.38. The Morgan fingerprint density at radius 3 is 2.29 bits per heavy atom. The third-order valence-electron chi connectivity index (χ3n) is 2.02. The Kier molecular flexibility index (Phi) is 3.39. The maximum absolute atomic E-state index is 5.74. The van der Waals surface area contributed by atoms with Crippen molar-refractivity contribution in [1.82, 2.24) is 0 Å². The molecule has 0 bridgehead atoms. The molecule has 0 aromatic heterocycles. The molecule has 0 atom stereocenters. The quantitative estimate of drug-likeness (QED) is 0.748. The number of rotatable bonds is 3. The van der Waals surface area contributed by atoms with Crippen LogP contribution < -0.4 is 10.5 Å². The second-order valence-corrected chi connectivity index (χ2v) is 4.12. The van der Waals surface area contributed by atoms with E-state index in [1.807, 2.05) is 32.0 Å². The number of nitrogen functional groups attached to an aromatic ring is 1. The van der Waals surface area contributed by atoms with Crippen LogP contribution in [-0.2, 0) is 0 Å². The van der Waals surface area contributed by atoms with Crippen LogP contribution in [0.1, 0.15) is 39.2 Å². The van der Waals surface area contributed by atoms with Gasteiger partial charge >= 0.3 is 0 Å². The van der Waals surface area contributed by atoms with Crippen molar-refractivity contribution in [3.8, 4) is 5.75 Å². The van der Waals surface area contributed by atoms with Crippen LogP contribution in [0.3, 0.4) is 0 Å². The van der Waals surface area contributed by atoms with Gasteiger partial charge in [-0.2, -0.15) is 0 Å². The minimum atomic E-state index is 0.205. The van der Waals surface area contributed by atoms with Crippen molar-refractivity contribution in [3.63, 3.8) is 0 Å². The summed E-state index contributed by atoms with van der Waals surface area (Å²) in [5.74, 6) is 1.39. The first-order valence-corrected chi connectivity index (χ1v) is 5.06. The highest BCUT2D eigenvalue weighted by atomic mass is 16.5. The summed E-state index contributed by atoms with van der Waals surface area (Å²) in [6.45, 7) is 8.34. The van der Waals surface area contributed by atoms with Crippen molar-refractivity contribution in [1.29, 1.82) is 0 Å². The molecule has 14 heavy (non-hydrogen) atoms. The van der Waals surface area contributed by atoms with E-state index in [0.717, 1.165) is 11.4 Å². The first-order valence-electron chi connectivity index (χ1n) is 5.06. The van der Waals surface area contributed by atoms with Crippen LogP contribution in [0.5, 0.6) is 5.75 Å². The van der Waals surface area contributed by atoms with E-state index in [9.17, 15) is 0 Å². The SMILES string of the molecule is CC(C)Oc1ccc(N)cc1C(C)C. The Morgan fingerprint density at radius 2 is 1.79 bits per heavy atom. The minimum Gasteiger partial charge on any atom is -0.491 e. The van der Waals surface area contributed by atoms with E-state index in [1.54, 1.807) is 0 Å². The fourth-order valence-corrected chi connectivity index (χ4v) is 1.38. The molecular formula is C12H19NO. The summed E-state index contributed by atoms with van der Waals surface area (Å²) in [6, 6.07) is 5.82. The first-order chi connectivity index (χ1) is 6.50. The predicted octanol–water partition coefficient (Wildman–Crippen LogP) is 3.18. The molecule has 0 saturated heterocycles. The molecule has 78 valence electrons. The van der Waals surface area contributed by atoms with Gasteiger partial charge in [-0.1, -0.05) is 13.8 Å². The van der Waals surface area contributed by atoms with Gasteiger partial charge in [0.2, 0.25) is 0 Å². The molecule has 1 aromatic rings. The lowest BCUT2D eigenvalue weighted by Gasteiger charge is -2.16. The third kappa shape index (κ3) is 2.66. The molecule has 0 amide bonds. The molecule has 2 N–H and O–H groups in total. The van der Waals surface area contributed by atoms with Crippen LogP contribution in [-0.4, -0.2) is 6.10 Å². The summed E-state index contributed by atoms with van der Waals surface area (Å²) in [6.07, 6.45) is 0.205. The van der Waals surface area contributed by atoms with E-state index in [-0.39, 0.29) is 6.10 Å². The molecule has 1 rings (SSSR count). The maximum Gasteiger partial charge on any atom is 0.123 e. The Balaban J connectivity index is 3.02. The second-order valence-electron chi connectivity index (χ2n) is 4.12. The summed E-state index contributed by atoms with van der Waals surface area (Å²) in [7, 11) is 0. The summed E-state index contributed by atoms with van der Waals surface area (Å²) in [4.78, 5) is 0. The number of anilines is 1. The number of hydrogen-bond acceptors (Lipinski definition) is 2. The van der Waals surface area contributed by atoms with Crippen molar-refractivity contribution >= 4 is 5.69 Å². The Hall–Kier alpha value is -1.18. The van der Waals surface area contributed by atoms with E-state index < -0.39 is 0 Å². The zero-order valence-electron chi connectivity index (χ0n) is 9.37. The van der Waals surface area contributed by atoms with E-state index in [2.05, 4.69) is 13.8 Å². The number of benzene rings is 1. The van der Waals surface area contributed by atoms with Crippen molar-refractivity contribution in [3.05, 3.63) is 23.8 Å². The molecule has 0 radical (unpaired) electrons. The molecule has 0 saturated carbocycles. The molecule has 0 spiro atoms. The fraction of sp³-hybridized carbons (Fsp3) is 0.500. The number of hydrogen-bond donors (Lipinski definition) is 1. The van der Waals surface area contributed by atoms with Gasteiger partial charge in [0.05, 0.1) is 6.10 Å². The standard InChI is InChI=1S/C12H19NO/c1-8(2)11-7-10(13)5-6-12(11)14-9(3)4/h5-9H,13H2,1-4H3. The lowest BCUT2D eigenvalue weighted by molar-refractivity contribution is 0.239. The van der Waals surface area contributed by atoms with Crippen molar-refractivity contribution in [2.75, 3.05) is 5.73 Å². The van der Waals surface area contributed by atoms with Crippen LogP contribution >= 0.6 is 0 Å². The molecule has 0 heterocycles. The molecule has 0 fully saturated rings. The second kappa shape index (κ2) is 4.36. The van der Waals surface area contributed by atoms with Gasteiger partial charge in [0.25, 0.3) is 0 Å². The highest BCUT2D eigenvalue weighted by Gasteiger charge is 2.09. The van der Waals surface area contributed by atoms with Crippen LogP contribution in [0.25, 0.3) is 0 Å². The zero-order valence-corrected chi connectivity index (χ0v) is 9.37. The highest BCUT2D eigenvalue weighted by Crippen LogP contribution is 2.29. The summed E-state index contributed by atoms with van der Waals surface area (Å²) in [5, 5.41) is 0. The van der Waals surface area contributed by atoms with Crippen LogP contribution in [0.15, 0.2) is 18.2 Å². The predicted molar refractivity (Wildman–Crippen MR) is 60.7 cm³/mol. The number of nitrogens with two attached hydrogens (primary N) is 1. The lowest BCUT2D eigenvalue weighted by Crippen LogP contribution is -2.08. The van der Waals surface area contributed by atoms with Gasteiger partial charge in [-0.05, 0) is 43.5 Å². The van der Waals surface area contributed by atoms with Crippen molar-refractivity contribution in [2.24, 2.45) is 0 Å². The van der Waals surface area contributed by atoms with Crippen LogP contribution in [0.2, 0.25) is 0 Å². The average Bonchev–Trinajstić information content (AvgIpc) is 2.07. The van der Waals surface area contributed by atoms with E-state index in [0.29, 0.717) is 5.92 Å². The Labute approximate surface area is 86.1 Å². The molecule has 0 aliphatic heterocycles. The summed E-state index contributed by atoms with van der Waals surface area (Å²) >= 11 is 0. The van der Waals surface area contributed by atoms with Crippen LogP contribution in [0, 0.1) is 0 Å². The lowest BCUT2D eigenvalue weighted by atomic mass is 10.0. The van der Waals surface area contributed by atoms with Crippen LogP contribution in [0.4, 0.5) is 5.69 Å². The monoisotopic (exact) mass is 193 g/mol. The maximum atomic E-state index is 5.74. The van der Waals surface area contributed by atoms with E-state index in [1.165, 1.54) is 5.56 Å². The van der Waals surface area contributed by atoms with Gasteiger partial charge in [-0.3, -0.25) is 0 Å². The van der Waals surface area contributed by atoms with E-state index in [4.69, 9.17) is 10.5 Å². The largest absolute Gasteiger partial charge is 0.491 e. The van der Waals surface area contributed by atoms with Gasteiger partial charge < -0.3 is 10.5 Å². The highest BCUT2D eigenvalue weighted by molar-refractivity contribution is 5.49. The summed E-state index contributed by atoms with van der Waals surface area (Å²) < 4.78 is 5.71. The molecule has 0 aliphatic rings. The minimum absolute atomic E-state index is 0.205.